The van der Waals surface area contributed by atoms with E-state index in [0.29, 0.717) is 33.2 Å². The van der Waals surface area contributed by atoms with Crippen LogP contribution in [0.3, 0.4) is 0 Å². The Morgan fingerprint density at radius 1 is 0.903 bits per heavy atom. The van der Waals surface area contributed by atoms with Crippen LogP contribution in [0, 0.1) is 0 Å². The van der Waals surface area contributed by atoms with E-state index in [1.165, 1.54) is 20.4 Å². The second-order valence-corrected chi connectivity index (χ2v) is 6.67. The fourth-order valence-electron chi connectivity index (χ4n) is 2.59. The SMILES string of the molecule is COc1cccc(C(=O)NN=Cc2ccc(OC(=O)c3ccc(Cl)cc3)c(OC)c2)c1. The first-order valence-electron chi connectivity index (χ1n) is 9.13. The van der Waals surface area contributed by atoms with Gasteiger partial charge in [0.15, 0.2) is 11.5 Å². The number of esters is 1. The molecular weight excluding hydrogens is 420 g/mol. The van der Waals surface area contributed by atoms with Crippen LogP contribution in [0.2, 0.25) is 5.02 Å². The van der Waals surface area contributed by atoms with Gasteiger partial charge in [0.2, 0.25) is 0 Å². The number of hydrogen-bond acceptors (Lipinski definition) is 6. The largest absolute Gasteiger partial charge is 0.497 e. The third-order valence-corrected chi connectivity index (χ3v) is 4.43. The Morgan fingerprint density at radius 3 is 2.39 bits per heavy atom. The average Bonchev–Trinajstić information content (AvgIpc) is 2.80. The molecule has 7 nitrogen and oxygen atoms in total. The van der Waals surface area contributed by atoms with Gasteiger partial charge in [-0.1, -0.05) is 17.7 Å². The molecule has 1 amide bonds. The third-order valence-electron chi connectivity index (χ3n) is 4.18. The molecular formula is C23H19ClN2O5. The molecule has 3 aromatic rings. The van der Waals surface area contributed by atoms with E-state index in [0.717, 1.165) is 0 Å². The second-order valence-electron chi connectivity index (χ2n) is 6.24. The van der Waals surface area contributed by atoms with Crippen molar-refractivity contribution in [3.63, 3.8) is 0 Å². The van der Waals surface area contributed by atoms with Crippen molar-refractivity contribution in [2.24, 2.45) is 5.10 Å². The minimum absolute atomic E-state index is 0.250. The minimum Gasteiger partial charge on any atom is -0.497 e. The first-order chi connectivity index (χ1) is 15.0. The van der Waals surface area contributed by atoms with Gasteiger partial charge in [-0.05, 0) is 66.2 Å². The van der Waals surface area contributed by atoms with Gasteiger partial charge in [-0.3, -0.25) is 4.79 Å². The minimum atomic E-state index is -0.540. The van der Waals surface area contributed by atoms with E-state index in [9.17, 15) is 9.59 Å². The predicted molar refractivity (Wildman–Crippen MR) is 117 cm³/mol. The summed E-state index contributed by atoms with van der Waals surface area (Å²) in [5.74, 6) is 0.244. The number of benzene rings is 3. The molecule has 0 saturated heterocycles. The van der Waals surface area contributed by atoms with E-state index in [1.54, 1.807) is 66.7 Å². The van der Waals surface area contributed by atoms with Crippen LogP contribution in [0.5, 0.6) is 17.2 Å². The number of ether oxygens (including phenoxy) is 3. The van der Waals surface area contributed by atoms with Gasteiger partial charge in [0.1, 0.15) is 5.75 Å². The molecule has 0 aliphatic rings. The normalized spacial score (nSPS) is 10.5. The van der Waals surface area contributed by atoms with Crippen LogP contribution in [0.15, 0.2) is 71.8 Å². The molecule has 8 heteroatoms. The van der Waals surface area contributed by atoms with Crippen molar-refractivity contribution in [3.05, 3.63) is 88.4 Å². The van der Waals surface area contributed by atoms with Gasteiger partial charge >= 0.3 is 5.97 Å². The molecule has 0 unspecified atom stereocenters. The molecule has 158 valence electrons. The van der Waals surface area contributed by atoms with Gasteiger partial charge in [0.25, 0.3) is 5.91 Å². The number of hydrogen-bond donors (Lipinski definition) is 1. The van der Waals surface area contributed by atoms with Crippen LogP contribution in [0.4, 0.5) is 0 Å². The Bertz CT molecular complexity index is 1110. The number of methoxy groups -OCH3 is 2. The van der Waals surface area contributed by atoms with Crippen molar-refractivity contribution in [1.82, 2.24) is 5.43 Å². The van der Waals surface area contributed by atoms with Crippen molar-refractivity contribution in [3.8, 4) is 17.2 Å². The van der Waals surface area contributed by atoms with Crippen LogP contribution in [0.25, 0.3) is 0 Å². The Kier molecular flexibility index (Phi) is 7.24. The van der Waals surface area contributed by atoms with Crippen molar-refractivity contribution in [2.45, 2.75) is 0 Å². The lowest BCUT2D eigenvalue weighted by Gasteiger charge is -2.10. The topological polar surface area (TPSA) is 86.2 Å². The molecule has 1 N–H and O–H groups in total. The van der Waals surface area contributed by atoms with E-state index in [-0.39, 0.29) is 11.7 Å². The van der Waals surface area contributed by atoms with Crippen molar-refractivity contribution >= 4 is 29.7 Å². The number of rotatable bonds is 7. The van der Waals surface area contributed by atoms with Crippen molar-refractivity contribution in [1.29, 1.82) is 0 Å². The quantitative estimate of drug-likeness (QED) is 0.256. The molecule has 3 rings (SSSR count). The molecule has 0 aliphatic carbocycles. The number of carbonyl (C=O) groups is 2. The molecule has 0 heterocycles. The summed E-state index contributed by atoms with van der Waals surface area (Å²) in [4.78, 5) is 24.5. The van der Waals surface area contributed by atoms with Crippen LogP contribution in [-0.2, 0) is 0 Å². The van der Waals surface area contributed by atoms with Crippen molar-refractivity contribution in [2.75, 3.05) is 14.2 Å². The Morgan fingerprint density at radius 2 is 1.68 bits per heavy atom. The Labute approximate surface area is 184 Å². The smallest absolute Gasteiger partial charge is 0.343 e. The third kappa shape index (κ3) is 5.83. The second kappa shape index (κ2) is 10.3. The van der Waals surface area contributed by atoms with Gasteiger partial charge in [-0.2, -0.15) is 5.10 Å². The summed E-state index contributed by atoms with van der Waals surface area (Å²) >= 11 is 5.83. The average molecular weight is 439 g/mol. The molecule has 0 fully saturated rings. The zero-order valence-electron chi connectivity index (χ0n) is 16.8. The summed E-state index contributed by atoms with van der Waals surface area (Å²) in [5.41, 5.74) is 3.85. The van der Waals surface area contributed by atoms with Gasteiger partial charge in [0.05, 0.1) is 26.0 Å². The summed E-state index contributed by atoms with van der Waals surface area (Å²) in [7, 11) is 2.99. The summed E-state index contributed by atoms with van der Waals surface area (Å²) in [6, 6.07) is 18.0. The van der Waals surface area contributed by atoms with E-state index < -0.39 is 5.97 Å². The highest BCUT2D eigenvalue weighted by molar-refractivity contribution is 6.30. The lowest BCUT2D eigenvalue weighted by atomic mass is 10.2. The number of carbonyl (C=O) groups excluding carboxylic acids is 2. The predicted octanol–water partition coefficient (Wildman–Crippen LogP) is 4.34. The Balaban J connectivity index is 1.66. The highest BCUT2D eigenvalue weighted by Gasteiger charge is 2.13. The maximum absolute atomic E-state index is 12.3. The van der Waals surface area contributed by atoms with E-state index in [4.69, 9.17) is 25.8 Å². The van der Waals surface area contributed by atoms with Gasteiger partial charge in [0, 0.05) is 10.6 Å². The maximum atomic E-state index is 12.3. The molecule has 0 saturated carbocycles. The van der Waals surface area contributed by atoms with Crippen LogP contribution in [-0.4, -0.2) is 32.3 Å². The van der Waals surface area contributed by atoms with Gasteiger partial charge in [-0.25, -0.2) is 10.2 Å². The summed E-state index contributed by atoms with van der Waals surface area (Å²) < 4.78 is 15.8. The molecule has 0 spiro atoms. The molecule has 0 aromatic heterocycles. The number of nitrogens with zero attached hydrogens (tertiary/aromatic N) is 1. The molecule has 0 aliphatic heterocycles. The zero-order valence-corrected chi connectivity index (χ0v) is 17.6. The van der Waals surface area contributed by atoms with Crippen LogP contribution < -0.4 is 19.6 Å². The fourth-order valence-corrected chi connectivity index (χ4v) is 2.71. The maximum Gasteiger partial charge on any atom is 0.343 e. The summed E-state index contributed by atoms with van der Waals surface area (Å²) in [5, 5.41) is 4.48. The number of amides is 1. The van der Waals surface area contributed by atoms with E-state index >= 15 is 0 Å². The monoisotopic (exact) mass is 438 g/mol. The number of hydrazone groups is 1. The van der Waals surface area contributed by atoms with Crippen molar-refractivity contribution < 1.29 is 23.8 Å². The van der Waals surface area contributed by atoms with E-state index in [2.05, 4.69) is 10.5 Å². The first kappa shape index (κ1) is 21.9. The first-order valence-corrected chi connectivity index (χ1v) is 9.51. The summed E-state index contributed by atoms with van der Waals surface area (Å²) in [6.45, 7) is 0. The van der Waals surface area contributed by atoms with E-state index in [1.807, 2.05) is 0 Å². The molecule has 31 heavy (non-hydrogen) atoms. The van der Waals surface area contributed by atoms with Crippen LogP contribution >= 0.6 is 11.6 Å². The molecule has 0 atom stereocenters. The Hall–Kier alpha value is -3.84. The highest BCUT2D eigenvalue weighted by atomic mass is 35.5. The molecule has 3 aromatic carbocycles. The van der Waals surface area contributed by atoms with Gasteiger partial charge < -0.3 is 14.2 Å². The zero-order chi connectivity index (χ0) is 22.2. The molecule has 0 bridgehead atoms. The highest BCUT2D eigenvalue weighted by Crippen LogP contribution is 2.28. The van der Waals surface area contributed by atoms with Crippen LogP contribution in [0.1, 0.15) is 26.3 Å². The molecule has 0 radical (unpaired) electrons. The number of halogens is 1. The fraction of sp³-hybridized carbons (Fsp3) is 0.0870. The van der Waals surface area contributed by atoms with Gasteiger partial charge in [-0.15, -0.1) is 0 Å². The standard InChI is InChI=1S/C23H19ClN2O5/c1-29-19-5-3-4-17(13-19)22(27)26-25-14-15-6-11-20(21(12-15)30-2)31-23(28)16-7-9-18(24)10-8-16/h3-14H,1-2H3,(H,26,27). The lowest BCUT2D eigenvalue weighted by Crippen LogP contribution is -2.17. The summed E-state index contributed by atoms with van der Waals surface area (Å²) in [6.07, 6.45) is 1.45. The number of nitrogens with one attached hydrogen (secondary N) is 1. The lowest BCUT2D eigenvalue weighted by molar-refractivity contribution is 0.0729.